The summed E-state index contributed by atoms with van der Waals surface area (Å²) in [6, 6.07) is 11.9. The van der Waals surface area contributed by atoms with Crippen LogP contribution < -0.4 is 15.4 Å². The van der Waals surface area contributed by atoms with Crippen molar-refractivity contribution in [1.82, 2.24) is 5.32 Å². The van der Waals surface area contributed by atoms with Crippen molar-refractivity contribution in [3.63, 3.8) is 0 Å². The third-order valence-corrected chi connectivity index (χ3v) is 4.93. The number of carbonyl (C=O) groups excluding carboxylic acids is 1. The van der Waals surface area contributed by atoms with Crippen LogP contribution in [0.4, 0.5) is 11.4 Å². The molecular formula is C21H25N3O5. The maximum absolute atomic E-state index is 12.8. The lowest BCUT2D eigenvalue weighted by Gasteiger charge is -2.19. The molecule has 2 N–H and O–H groups in total. The molecule has 0 aromatic heterocycles. The molecule has 2 aromatic carbocycles. The molecule has 1 amide bonds. The highest BCUT2D eigenvalue weighted by Crippen LogP contribution is 2.41. The minimum Gasteiger partial charge on any atom is -0.497 e. The molecule has 29 heavy (non-hydrogen) atoms. The number of nitro groups is 1. The average Bonchev–Trinajstić information content (AvgIpc) is 3.57. The van der Waals surface area contributed by atoms with Crippen LogP contribution in [-0.4, -0.2) is 38.2 Å². The van der Waals surface area contributed by atoms with E-state index in [1.54, 1.807) is 26.4 Å². The average molecular weight is 399 g/mol. The normalized spacial score (nSPS) is 14.1. The van der Waals surface area contributed by atoms with Crippen molar-refractivity contribution in [1.29, 1.82) is 0 Å². The number of nitrogens with one attached hydrogen (secondary N) is 2. The summed E-state index contributed by atoms with van der Waals surface area (Å²) in [6.07, 6.45) is 2.08. The predicted octanol–water partition coefficient (Wildman–Crippen LogP) is 3.54. The van der Waals surface area contributed by atoms with E-state index in [9.17, 15) is 14.9 Å². The van der Waals surface area contributed by atoms with Gasteiger partial charge in [-0.3, -0.25) is 14.9 Å². The zero-order chi connectivity index (χ0) is 20.8. The van der Waals surface area contributed by atoms with Crippen LogP contribution in [-0.2, 0) is 4.74 Å². The van der Waals surface area contributed by atoms with Gasteiger partial charge in [0.25, 0.3) is 11.6 Å². The smallest absolute Gasteiger partial charge is 0.293 e. The fourth-order valence-corrected chi connectivity index (χ4v) is 3.20. The van der Waals surface area contributed by atoms with Crippen LogP contribution >= 0.6 is 0 Å². The van der Waals surface area contributed by atoms with Crippen molar-refractivity contribution in [2.75, 3.05) is 32.7 Å². The fourth-order valence-electron chi connectivity index (χ4n) is 3.20. The molecule has 1 aliphatic rings. The molecule has 0 radical (unpaired) electrons. The third kappa shape index (κ3) is 5.23. The van der Waals surface area contributed by atoms with Crippen LogP contribution in [0, 0.1) is 16.0 Å². The molecule has 8 nitrogen and oxygen atoms in total. The van der Waals surface area contributed by atoms with E-state index < -0.39 is 4.92 Å². The van der Waals surface area contributed by atoms with Gasteiger partial charge in [0.05, 0.1) is 24.7 Å². The summed E-state index contributed by atoms with van der Waals surface area (Å²) in [7, 11) is 3.17. The van der Waals surface area contributed by atoms with Gasteiger partial charge in [-0.05, 0) is 48.6 Å². The number of hydrogen-bond acceptors (Lipinski definition) is 6. The quantitative estimate of drug-likeness (QED) is 0.360. The minimum atomic E-state index is -0.492. The molecule has 0 saturated heterocycles. The SMILES string of the molecule is COCCNc1ccc(C(=O)NC(c2ccc(OC)cc2)C2CC2)cc1[N+](=O)[O-]. The second-order valence-electron chi connectivity index (χ2n) is 6.97. The lowest BCUT2D eigenvalue weighted by Crippen LogP contribution is -2.30. The molecule has 2 aromatic rings. The Morgan fingerprint density at radius 3 is 2.52 bits per heavy atom. The van der Waals surface area contributed by atoms with Crippen molar-refractivity contribution in [3.05, 3.63) is 63.7 Å². The molecule has 1 fully saturated rings. The van der Waals surface area contributed by atoms with Crippen LogP contribution in [0.25, 0.3) is 0 Å². The number of rotatable bonds is 10. The Labute approximate surface area is 169 Å². The maximum atomic E-state index is 12.8. The van der Waals surface area contributed by atoms with Crippen LogP contribution in [0.3, 0.4) is 0 Å². The van der Waals surface area contributed by atoms with E-state index in [1.165, 1.54) is 6.07 Å². The van der Waals surface area contributed by atoms with Crippen molar-refractivity contribution in [2.24, 2.45) is 5.92 Å². The van der Waals surface area contributed by atoms with Crippen LogP contribution in [0.5, 0.6) is 5.75 Å². The number of nitro benzene ring substituents is 1. The molecular weight excluding hydrogens is 374 g/mol. The molecule has 8 heteroatoms. The Morgan fingerprint density at radius 1 is 1.21 bits per heavy atom. The molecule has 1 saturated carbocycles. The summed E-state index contributed by atoms with van der Waals surface area (Å²) >= 11 is 0. The Hall–Kier alpha value is -3.13. The molecule has 1 atom stereocenters. The van der Waals surface area contributed by atoms with E-state index in [2.05, 4.69) is 10.6 Å². The van der Waals surface area contributed by atoms with Gasteiger partial charge in [-0.1, -0.05) is 12.1 Å². The lowest BCUT2D eigenvalue weighted by atomic mass is 10.0. The maximum Gasteiger partial charge on any atom is 0.293 e. The van der Waals surface area contributed by atoms with E-state index in [0.29, 0.717) is 24.8 Å². The molecule has 0 bridgehead atoms. The van der Waals surface area contributed by atoms with Gasteiger partial charge in [0.1, 0.15) is 11.4 Å². The van der Waals surface area contributed by atoms with Gasteiger partial charge in [-0.2, -0.15) is 0 Å². The summed E-state index contributed by atoms with van der Waals surface area (Å²) in [5.41, 5.74) is 1.47. The van der Waals surface area contributed by atoms with E-state index in [4.69, 9.17) is 9.47 Å². The van der Waals surface area contributed by atoms with Gasteiger partial charge in [0.15, 0.2) is 0 Å². The molecule has 3 rings (SSSR count). The first-order chi connectivity index (χ1) is 14.0. The van der Waals surface area contributed by atoms with Crippen molar-refractivity contribution >= 4 is 17.3 Å². The number of anilines is 1. The van der Waals surface area contributed by atoms with Gasteiger partial charge < -0.3 is 20.1 Å². The lowest BCUT2D eigenvalue weighted by molar-refractivity contribution is -0.384. The topological polar surface area (TPSA) is 103 Å². The molecule has 154 valence electrons. The fraction of sp³-hybridized carbons (Fsp3) is 0.381. The van der Waals surface area contributed by atoms with Gasteiger partial charge in [0.2, 0.25) is 0 Å². The minimum absolute atomic E-state index is 0.132. The van der Waals surface area contributed by atoms with Crippen molar-refractivity contribution < 1.29 is 19.2 Å². The van der Waals surface area contributed by atoms with Crippen molar-refractivity contribution in [2.45, 2.75) is 18.9 Å². The number of nitrogens with zero attached hydrogens (tertiary/aromatic N) is 1. The molecule has 0 spiro atoms. The number of methoxy groups -OCH3 is 2. The van der Waals surface area contributed by atoms with Crippen LogP contribution in [0.15, 0.2) is 42.5 Å². The second kappa shape index (κ2) is 9.38. The Kier molecular flexibility index (Phi) is 6.66. The number of amides is 1. The van der Waals surface area contributed by atoms with Gasteiger partial charge in [0, 0.05) is 25.3 Å². The molecule has 0 aliphatic heterocycles. The Balaban J connectivity index is 1.77. The van der Waals surface area contributed by atoms with Crippen molar-refractivity contribution in [3.8, 4) is 5.75 Å². The largest absolute Gasteiger partial charge is 0.497 e. The summed E-state index contributed by atoms with van der Waals surface area (Å²) < 4.78 is 10.1. The first-order valence-electron chi connectivity index (χ1n) is 9.49. The van der Waals surface area contributed by atoms with Crippen LogP contribution in [0.1, 0.15) is 34.8 Å². The van der Waals surface area contributed by atoms with Crippen LogP contribution in [0.2, 0.25) is 0 Å². The molecule has 0 heterocycles. The number of ether oxygens (including phenoxy) is 2. The first kappa shape index (κ1) is 20.6. The summed E-state index contributed by atoms with van der Waals surface area (Å²) in [5.74, 6) is 0.795. The Bertz CT molecular complexity index is 865. The van der Waals surface area contributed by atoms with E-state index >= 15 is 0 Å². The number of hydrogen-bond donors (Lipinski definition) is 2. The molecule has 1 unspecified atom stereocenters. The summed E-state index contributed by atoms with van der Waals surface area (Å²) in [4.78, 5) is 23.8. The van der Waals surface area contributed by atoms with Gasteiger partial charge in [-0.25, -0.2) is 0 Å². The monoisotopic (exact) mass is 399 g/mol. The summed E-state index contributed by atoms with van der Waals surface area (Å²) in [6.45, 7) is 0.856. The zero-order valence-electron chi connectivity index (χ0n) is 16.5. The number of benzene rings is 2. The second-order valence-corrected chi connectivity index (χ2v) is 6.97. The Morgan fingerprint density at radius 2 is 1.93 bits per heavy atom. The number of carbonyl (C=O) groups is 1. The van der Waals surface area contributed by atoms with E-state index in [1.807, 2.05) is 24.3 Å². The highest BCUT2D eigenvalue weighted by molar-refractivity contribution is 5.96. The highest BCUT2D eigenvalue weighted by Gasteiger charge is 2.34. The standard InChI is InChI=1S/C21H25N3O5/c1-28-12-11-22-18-10-7-16(13-19(18)24(26)27)21(25)23-20(14-3-4-14)15-5-8-17(29-2)9-6-15/h5-10,13-14,20,22H,3-4,11-12H2,1-2H3,(H,23,25). The van der Waals surface area contributed by atoms with Gasteiger partial charge >= 0.3 is 0 Å². The summed E-state index contributed by atoms with van der Waals surface area (Å²) in [5, 5.41) is 17.4. The third-order valence-electron chi connectivity index (χ3n) is 4.93. The highest BCUT2D eigenvalue weighted by atomic mass is 16.6. The van der Waals surface area contributed by atoms with E-state index in [-0.39, 0.29) is 23.2 Å². The zero-order valence-corrected chi connectivity index (χ0v) is 16.5. The first-order valence-corrected chi connectivity index (χ1v) is 9.49. The predicted molar refractivity (Wildman–Crippen MR) is 109 cm³/mol. The van der Waals surface area contributed by atoms with Gasteiger partial charge in [-0.15, -0.1) is 0 Å². The molecule has 1 aliphatic carbocycles. The van der Waals surface area contributed by atoms with E-state index in [0.717, 1.165) is 24.2 Å².